The predicted octanol–water partition coefficient (Wildman–Crippen LogP) is -0.510. The van der Waals surface area contributed by atoms with E-state index in [-0.39, 0.29) is 18.5 Å². The largest absolute Gasteiger partial charge is 0.326 e. The Morgan fingerprint density at radius 1 is 1.46 bits per heavy atom. The average molecular weight is 185 g/mol. The number of nitrogens with zero attached hydrogens (tertiary/aromatic N) is 2. The summed E-state index contributed by atoms with van der Waals surface area (Å²) < 4.78 is 0. The van der Waals surface area contributed by atoms with E-state index < -0.39 is 0 Å². The smallest absolute Gasteiger partial charge is 0.320 e. The van der Waals surface area contributed by atoms with Gasteiger partial charge in [0, 0.05) is 13.6 Å². The molecular weight excluding hydrogens is 170 g/mol. The molecule has 74 valence electrons. The first-order chi connectivity index (χ1) is 6.16. The highest BCUT2D eigenvalue weighted by atomic mass is 16.2. The number of rotatable bonds is 4. The number of imide groups is 1. The van der Waals surface area contributed by atoms with Gasteiger partial charge in [0.25, 0.3) is 0 Å². The van der Waals surface area contributed by atoms with E-state index in [4.69, 9.17) is 0 Å². The van der Waals surface area contributed by atoms with Crippen molar-refractivity contribution < 1.29 is 9.59 Å². The molecule has 3 amide bonds. The zero-order valence-corrected chi connectivity index (χ0v) is 8.04. The lowest BCUT2D eigenvalue weighted by Gasteiger charge is -2.13. The fraction of sp³-hybridized carbons (Fsp3) is 0.750. The summed E-state index contributed by atoms with van der Waals surface area (Å²) in [5.41, 5.74) is 0. The van der Waals surface area contributed by atoms with Crippen LogP contribution in [0.15, 0.2) is 0 Å². The van der Waals surface area contributed by atoms with Crippen molar-refractivity contribution in [3.63, 3.8) is 0 Å². The van der Waals surface area contributed by atoms with Gasteiger partial charge in [0.1, 0.15) is 6.54 Å². The molecule has 13 heavy (non-hydrogen) atoms. The fourth-order valence-corrected chi connectivity index (χ4v) is 1.28. The molecule has 0 spiro atoms. The minimum atomic E-state index is -0.180. The molecule has 0 saturated carbocycles. The Morgan fingerprint density at radius 3 is 2.62 bits per heavy atom. The van der Waals surface area contributed by atoms with Gasteiger partial charge in [0.15, 0.2) is 0 Å². The second kappa shape index (κ2) is 4.23. The number of nitrogens with one attached hydrogen (secondary N) is 1. The zero-order valence-electron chi connectivity index (χ0n) is 8.04. The van der Waals surface area contributed by atoms with Gasteiger partial charge in [-0.3, -0.25) is 9.69 Å². The average Bonchev–Trinajstić information content (AvgIpc) is 2.34. The standard InChI is InChI=1S/C8H15N3O2/c1-9-4-3-5-11-6-7(12)10(2)8(11)13/h9H,3-6H2,1-2H3. The highest BCUT2D eigenvalue weighted by Gasteiger charge is 2.32. The quantitative estimate of drug-likeness (QED) is 0.474. The number of carbonyl (C=O) groups excluding carboxylic acids is 2. The summed E-state index contributed by atoms with van der Waals surface area (Å²) in [6, 6.07) is -0.180. The fourth-order valence-electron chi connectivity index (χ4n) is 1.28. The Bertz CT molecular complexity index is 217. The lowest BCUT2D eigenvalue weighted by molar-refractivity contribution is -0.124. The number of hydrogen-bond donors (Lipinski definition) is 1. The molecule has 0 radical (unpaired) electrons. The molecule has 1 aliphatic rings. The summed E-state index contributed by atoms with van der Waals surface area (Å²) in [5.74, 6) is -0.116. The number of likely N-dealkylation sites (N-methyl/N-ethyl adjacent to an activating group) is 1. The first-order valence-corrected chi connectivity index (χ1v) is 4.37. The van der Waals surface area contributed by atoms with Gasteiger partial charge in [0.05, 0.1) is 0 Å². The number of hydrogen-bond acceptors (Lipinski definition) is 3. The molecular formula is C8H15N3O2. The summed E-state index contributed by atoms with van der Waals surface area (Å²) in [4.78, 5) is 25.1. The Balaban J connectivity index is 2.36. The maximum atomic E-state index is 11.3. The summed E-state index contributed by atoms with van der Waals surface area (Å²) in [6.45, 7) is 1.75. The van der Waals surface area contributed by atoms with Gasteiger partial charge in [-0.2, -0.15) is 0 Å². The molecule has 5 nitrogen and oxygen atoms in total. The summed E-state index contributed by atoms with van der Waals surface area (Å²) in [7, 11) is 3.38. The maximum Gasteiger partial charge on any atom is 0.326 e. The first kappa shape index (κ1) is 9.98. The van der Waals surface area contributed by atoms with Crippen molar-refractivity contribution >= 4 is 11.9 Å². The molecule has 1 N–H and O–H groups in total. The molecule has 0 unspecified atom stereocenters. The molecule has 1 heterocycles. The Hall–Kier alpha value is -1.10. The molecule has 0 atom stereocenters. The van der Waals surface area contributed by atoms with Crippen LogP contribution in [-0.4, -0.2) is 55.5 Å². The highest BCUT2D eigenvalue weighted by molar-refractivity contribution is 6.01. The minimum Gasteiger partial charge on any atom is -0.320 e. The van der Waals surface area contributed by atoms with Gasteiger partial charge in [-0.05, 0) is 20.0 Å². The van der Waals surface area contributed by atoms with Crippen LogP contribution in [0, 0.1) is 0 Å². The van der Waals surface area contributed by atoms with Crippen molar-refractivity contribution in [3.8, 4) is 0 Å². The molecule has 0 aromatic heterocycles. The van der Waals surface area contributed by atoms with Crippen LogP contribution in [0.3, 0.4) is 0 Å². The number of urea groups is 1. The third-order valence-corrected chi connectivity index (χ3v) is 2.11. The van der Waals surface area contributed by atoms with Gasteiger partial charge < -0.3 is 10.2 Å². The maximum absolute atomic E-state index is 11.3. The minimum absolute atomic E-state index is 0.116. The van der Waals surface area contributed by atoms with Crippen LogP contribution < -0.4 is 5.32 Å². The zero-order chi connectivity index (χ0) is 9.84. The van der Waals surface area contributed by atoms with E-state index in [2.05, 4.69) is 5.32 Å². The SMILES string of the molecule is CNCCCN1CC(=O)N(C)C1=O. The van der Waals surface area contributed by atoms with E-state index in [1.807, 2.05) is 7.05 Å². The molecule has 1 fully saturated rings. The second-order valence-electron chi connectivity index (χ2n) is 3.11. The number of carbonyl (C=O) groups is 2. The molecule has 0 aromatic rings. The van der Waals surface area contributed by atoms with Crippen LogP contribution in [-0.2, 0) is 4.79 Å². The van der Waals surface area contributed by atoms with E-state index >= 15 is 0 Å². The molecule has 1 rings (SSSR count). The third kappa shape index (κ3) is 2.18. The third-order valence-electron chi connectivity index (χ3n) is 2.11. The molecule has 1 aliphatic heterocycles. The lowest BCUT2D eigenvalue weighted by Crippen LogP contribution is -2.31. The van der Waals surface area contributed by atoms with Crippen LogP contribution in [0.4, 0.5) is 4.79 Å². The molecule has 5 heteroatoms. The molecule has 0 aromatic carbocycles. The Morgan fingerprint density at radius 2 is 2.15 bits per heavy atom. The van der Waals surface area contributed by atoms with Crippen molar-refractivity contribution in [2.75, 3.05) is 33.7 Å². The van der Waals surface area contributed by atoms with Crippen LogP contribution >= 0.6 is 0 Å². The van der Waals surface area contributed by atoms with Crippen molar-refractivity contribution in [2.24, 2.45) is 0 Å². The van der Waals surface area contributed by atoms with E-state index in [1.54, 1.807) is 4.90 Å². The Kier molecular flexibility index (Phi) is 3.25. The monoisotopic (exact) mass is 185 g/mol. The summed E-state index contributed by atoms with van der Waals surface area (Å²) >= 11 is 0. The van der Waals surface area contributed by atoms with Gasteiger partial charge in [-0.1, -0.05) is 0 Å². The normalized spacial score (nSPS) is 17.4. The van der Waals surface area contributed by atoms with Gasteiger partial charge >= 0.3 is 6.03 Å². The van der Waals surface area contributed by atoms with Crippen molar-refractivity contribution in [3.05, 3.63) is 0 Å². The first-order valence-electron chi connectivity index (χ1n) is 4.37. The summed E-state index contributed by atoms with van der Waals surface area (Å²) in [6.07, 6.45) is 0.878. The summed E-state index contributed by atoms with van der Waals surface area (Å²) in [5, 5.41) is 2.99. The van der Waals surface area contributed by atoms with Crippen molar-refractivity contribution in [1.29, 1.82) is 0 Å². The van der Waals surface area contributed by atoms with E-state index in [9.17, 15) is 9.59 Å². The van der Waals surface area contributed by atoms with Crippen molar-refractivity contribution in [2.45, 2.75) is 6.42 Å². The highest BCUT2D eigenvalue weighted by Crippen LogP contribution is 2.07. The predicted molar refractivity (Wildman–Crippen MR) is 48.3 cm³/mol. The molecule has 0 aliphatic carbocycles. The van der Waals surface area contributed by atoms with Gasteiger partial charge in [-0.25, -0.2) is 4.79 Å². The van der Waals surface area contributed by atoms with Crippen molar-refractivity contribution in [1.82, 2.24) is 15.1 Å². The van der Waals surface area contributed by atoms with Crippen LogP contribution in [0.25, 0.3) is 0 Å². The Labute approximate surface area is 77.7 Å². The topological polar surface area (TPSA) is 52.7 Å². The van der Waals surface area contributed by atoms with Crippen LogP contribution in [0.1, 0.15) is 6.42 Å². The van der Waals surface area contributed by atoms with Crippen LogP contribution in [0.2, 0.25) is 0 Å². The molecule has 1 saturated heterocycles. The van der Waals surface area contributed by atoms with Gasteiger partial charge in [0.2, 0.25) is 5.91 Å². The second-order valence-corrected chi connectivity index (χ2v) is 3.11. The lowest BCUT2D eigenvalue weighted by atomic mass is 10.4. The van der Waals surface area contributed by atoms with E-state index in [0.29, 0.717) is 6.54 Å². The number of amides is 3. The molecule has 0 bridgehead atoms. The van der Waals surface area contributed by atoms with Crippen LogP contribution in [0.5, 0.6) is 0 Å². The van der Waals surface area contributed by atoms with Gasteiger partial charge in [-0.15, -0.1) is 0 Å². The van der Waals surface area contributed by atoms with E-state index in [0.717, 1.165) is 13.0 Å². The van der Waals surface area contributed by atoms with E-state index in [1.165, 1.54) is 11.9 Å².